The highest BCUT2D eigenvalue weighted by atomic mass is 19.1. The fraction of sp³-hybridized carbons (Fsp3) is 0.125. The smallest absolute Gasteiger partial charge is 0.134 e. The normalized spacial score (nSPS) is 12.8. The number of halogens is 3. The summed E-state index contributed by atoms with van der Waals surface area (Å²) in [5, 5.41) is 10.6. The minimum Gasteiger partial charge on any atom is -0.458 e. The van der Waals surface area contributed by atoms with Crippen molar-refractivity contribution >= 4 is 11.0 Å². The fourth-order valence-corrected chi connectivity index (χ4v) is 2.25. The summed E-state index contributed by atoms with van der Waals surface area (Å²) in [5.74, 6) is -1.59. The van der Waals surface area contributed by atoms with Crippen LogP contribution in [0.25, 0.3) is 11.0 Å². The second kappa shape index (κ2) is 5.26. The molecule has 0 aliphatic rings. The van der Waals surface area contributed by atoms with Gasteiger partial charge in [0.05, 0.1) is 0 Å². The highest BCUT2D eigenvalue weighted by molar-refractivity contribution is 5.77. The van der Waals surface area contributed by atoms with Crippen LogP contribution >= 0.6 is 0 Å². The average molecular weight is 292 g/mol. The van der Waals surface area contributed by atoms with Gasteiger partial charge in [-0.1, -0.05) is 0 Å². The minimum absolute atomic E-state index is 0.00299. The van der Waals surface area contributed by atoms with E-state index in [1.807, 2.05) is 0 Å². The predicted molar refractivity (Wildman–Crippen MR) is 71.2 cm³/mol. The molecule has 1 unspecified atom stereocenters. The summed E-state index contributed by atoms with van der Waals surface area (Å²) in [6.45, 7) is 0. The lowest BCUT2D eigenvalue weighted by Crippen LogP contribution is -2.01. The molecule has 0 aliphatic carbocycles. The van der Waals surface area contributed by atoms with Gasteiger partial charge < -0.3 is 9.52 Å². The molecule has 0 radical (unpaired) electrons. The van der Waals surface area contributed by atoms with Gasteiger partial charge in [-0.15, -0.1) is 0 Å². The van der Waals surface area contributed by atoms with Gasteiger partial charge >= 0.3 is 0 Å². The molecule has 21 heavy (non-hydrogen) atoms. The van der Waals surface area contributed by atoms with Gasteiger partial charge in [0, 0.05) is 17.9 Å². The Balaban J connectivity index is 1.87. The van der Waals surface area contributed by atoms with E-state index in [0.29, 0.717) is 16.5 Å². The van der Waals surface area contributed by atoms with E-state index in [0.717, 1.165) is 18.2 Å². The molecule has 3 aromatic rings. The molecule has 0 amide bonds. The molecule has 0 saturated heterocycles. The Labute approximate surface area is 118 Å². The molecule has 108 valence electrons. The lowest BCUT2D eigenvalue weighted by Gasteiger charge is -2.08. The van der Waals surface area contributed by atoms with Crippen LogP contribution in [0.3, 0.4) is 0 Å². The summed E-state index contributed by atoms with van der Waals surface area (Å²) >= 11 is 0. The zero-order valence-corrected chi connectivity index (χ0v) is 10.8. The first kappa shape index (κ1) is 13.7. The van der Waals surface area contributed by atoms with Gasteiger partial charge in [-0.2, -0.15) is 0 Å². The van der Waals surface area contributed by atoms with E-state index in [-0.39, 0.29) is 12.2 Å². The molecule has 0 bridgehead atoms. The van der Waals surface area contributed by atoms with Crippen LogP contribution in [0.15, 0.2) is 46.9 Å². The van der Waals surface area contributed by atoms with Crippen molar-refractivity contribution in [2.75, 3.05) is 0 Å². The Kier molecular flexibility index (Phi) is 3.43. The molecule has 0 fully saturated rings. The molecule has 1 heterocycles. The largest absolute Gasteiger partial charge is 0.458 e. The Morgan fingerprint density at radius 1 is 0.905 bits per heavy atom. The van der Waals surface area contributed by atoms with Crippen LogP contribution in [0.1, 0.15) is 17.4 Å². The monoisotopic (exact) mass is 292 g/mol. The highest BCUT2D eigenvalue weighted by Gasteiger charge is 2.15. The number of furan rings is 1. The van der Waals surface area contributed by atoms with Crippen molar-refractivity contribution in [3.05, 3.63) is 71.2 Å². The van der Waals surface area contributed by atoms with Crippen LogP contribution in [-0.2, 0) is 6.42 Å². The molecule has 5 heteroatoms. The van der Waals surface area contributed by atoms with Gasteiger partial charge in [-0.05, 0) is 42.0 Å². The van der Waals surface area contributed by atoms with Crippen LogP contribution in [-0.4, -0.2) is 5.11 Å². The van der Waals surface area contributed by atoms with Crippen molar-refractivity contribution in [3.63, 3.8) is 0 Å². The molecule has 2 nitrogen and oxygen atoms in total. The maximum Gasteiger partial charge on any atom is 0.134 e. The van der Waals surface area contributed by atoms with Gasteiger partial charge in [0.2, 0.25) is 0 Å². The summed E-state index contributed by atoms with van der Waals surface area (Å²) in [5.41, 5.74) is 0.752. The first-order valence-electron chi connectivity index (χ1n) is 6.33. The lowest BCUT2D eigenvalue weighted by atomic mass is 10.1. The number of hydrogen-bond acceptors (Lipinski definition) is 2. The Hall–Kier alpha value is -2.27. The van der Waals surface area contributed by atoms with Crippen LogP contribution < -0.4 is 0 Å². The molecule has 1 aromatic heterocycles. The van der Waals surface area contributed by atoms with E-state index in [1.54, 1.807) is 0 Å². The summed E-state index contributed by atoms with van der Waals surface area (Å²) in [6.07, 6.45) is -1.07. The lowest BCUT2D eigenvalue weighted by molar-refractivity contribution is 0.152. The van der Waals surface area contributed by atoms with E-state index < -0.39 is 23.6 Å². The molecule has 3 rings (SSSR count). The quantitative estimate of drug-likeness (QED) is 0.787. The second-order valence-electron chi connectivity index (χ2n) is 4.83. The Morgan fingerprint density at radius 2 is 1.62 bits per heavy atom. The maximum absolute atomic E-state index is 13.1. The molecule has 1 N–H and O–H groups in total. The SMILES string of the molecule is OC(Cc1cc(F)cc(F)c1)c1cc2cc(F)ccc2o1. The van der Waals surface area contributed by atoms with Crippen molar-refractivity contribution in [1.82, 2.24) is 0 Å². The van der Waals surface area contributed by atoms with Gasteiger partial charge in [0.25, 0.3) is 0 Å². The van der Waals surface area contributed by atoms with Crippen LogP contribution in [0.2, 0.25) is 0 Å². The molecule has 2 aromatic carbocycles. The van der Waals surface area contributed by atoms with Crippen LogP contribution in [0, 0.1) is 17.5 Å². The standard InChI is InChI=1S/C16H11F3O2/c17-11-1-2-15-10(6-11)7-16(21-15)14(20)5-9-3-12(18)8-13(19)4-9/h1-4,6-8,14,20H,5H2. The summed E-state index contributed by atoms with van der Waals surface area (Å²) in [4.78, 5) is 0. The number of fused-ring (bicyclic) bond motifs is 1. The molecule has 0 saturated carbocycles. The first-order valence-corrected chi connectivity index (χ1v) is 6.33. The van der Waals surface area contributed by atoms with E-state index >= 15 is 0 Å². The molecular formula is C16H11F3O2. The van der Waals surface area contributed by atoms with E-state index in [4.69, 9.17) is 4.42 Å². The van der Waals surface area contributed by atoms with Gasteiger partial charge in [0.1, 0.15) is 34.9 Å². The fourth-order valence-electron chi connectivity index (χ4n) is 2.25. The number of aliphatic hydroxyl groups excluding tert-OH is 1. The van der Waals surface area contributed by atoms with E-state index in [1.165, 1.54) is 24.3 Å². The van der Waals surface area contributed by atoms with E-state index in [2.05, 4.69) is 0 Å². The Morgan fingerprint density at radius 3 is 2.33 bits per heavy atom. The minimum atomic E-state index is -1.07. The Bertz CT molecular complexity index is 775. The molecule has 0 spiro atoms. The van der Waals surface area contributed by atoms with Gasteiger partial charge in [-0.25, -0.2) is 13.2 Å². The molecular weight excluding hydrogens is 281 g/mol. The highest BCUT2D eigenvalue weighted by Crippen LogP contribution is 2.27. The van der Waals surface area contributed by atoms with Crippen LogP contribution in [0.5, 0.6) is 0 Å². The summed E-state index contributed by atoms with van der Waals surface area (Å²) < 4.78 is 44.7. The maximum atomic E-state index is 13.1. The average Bonchev–Trinajstić information content (AvgIpc) is 2.80. The summed E-state index contributed by atoms with van der Waals surface area (Å²) in [6, 6.07) is 8.57. The molecule has 0 aliphatic heterocycles. The zero-order chi connectivity index (χ0) is 15.0. The second-order valence-corrected chi connectivity index (χ2v) is 4.83. The van der Waals surface area contributed by atoms with Gasteiger partial charge in [0.15, 0.2) is 0 Å². The third-order valence-electron chi connectivity index (χ3n) is 3.18. The summed E-state index contributed by atoms with van der Waals surface area (Å²) in [7, 11) is 0. The number of hydrogen-bond donors (Lipinski definition) is 1. The van der Waals surface area contributed by atoms with Crippen molar-refractivity contribution in [2.45, 2.75) is 12.5 Å². The number of rotatable bonds is 3. The number of benzene rings is 2. The zero-order valence-electron chi connectivity index (χ0n) is 10.8. The number of aliphatic hydroxyl groups is 1. The van der Waals surface area contributed by atoms with Crippen molar-refractivity contribution < 1.29 is 22.7 Å². The van der Waals surface area contributed by atoms with Gasteiger partial charge in [-0.3, -0.25) is 0 Å². The third kappa shape index (κ3) is 2.92. The third-order valence-corrected chi connectivity index (χ3v) is 3.18. The van der Waals surface area contributed by atoms with E-state index in [9.17, 15) is 18.3 Å². The van der Waals surface area contributed by atoms with Crippen LogP contribution in [0.4, 0.5) is 13.2 Å². The van der Waals surface area contributed by atoms with Crippen molar-refractivity contribution in [2.24, 2.45) is 0 Å². The first-order chi connectivity index (χ1) is 10.0. The predicted octanol–water partition coefficient (Wildman–Crippen LogP) is 4.13. The topological polar surface area (TPSA) is 33.4 Å². The van der Waals surface area contributed by atoms with Crippen molar-refractivity contribution in [3.8, 4) is 0 Å². The van der Waals surface area contributed by atoms with Crippen molar-refractivity contribution in [1.29, 1.82) is 0 Å². The molecule has 1 atom stereocenters.